The summed E-state index contributed by atoms with van der Waals surface area (Å²) in [6.07, 6.45) is 18.1. The Labute approximate surface area is 256 Å². The highest BCUT2D eigenvalue weighted by atomic mass is 32.2. The minimum absolute atomic E-state index is 0.353. The van der Waals surface area contributed by atoms with E-state index in [9.17, 15) is 0 Å². The minimum Gasteiger partial charge on any atom is -0.378 e. The van der Waals surface area contributed by atoms with Crippen molar-refractivity contribution < 1.29 is 18.9 Å². The molecule has 0 aliphatic heterocycles. The molecule has 0 radical (unpaired) electrons. The molecule has 4 aliphatic rings. The fraction of sp³-hybridized carbons (Fsp3) is 0.943. The summed E-state index contributed by atoms with van der Waals surface area (Å²) < 4.78 is 23.1. The summed E-state index contributed by atoms with van der Waals surface area (Å²) in [7, 11) is 0. The third kappa shape index (κ3) is 8.54. The van der Waals surface area contributed by atoms with Crippen LogP contribution in [0.5, 0.6) is 0 Å². The van der Waals surface area contributed by atoms with Gasteiger partial charge in [-0.1, -0.05) is 77.5 Å². The van der Waals surface area contributed by atoms with Gasteiger partial charge in [0, 0.05) is 5.75 Å². The van der Waals surface area contributed by atoms with Crippen LogP contribution in [0.2, 0.25) is 0 Å². The van der Waals surface area contributed by atoms with Crippen LogP contribution in [-0.4, -0.2) is 58.1 Å². The fourth-order valence-electron chi connectivity index (χ4n) is 9.72. The number of hydrogen-bond donors (Lipinski definition) is 1. The molecule has 4 rings (SSSR count). The summed E-state index contributed by atoms with van der Waals surface area (Å²) in [5.74, 6) is 6.21. The number of fused-ring (bicyclic) bond motifs is 5. The van der Waals surface area contributed by atoms with E-state index in [-0.39, 0.29) is 0 Å². The highest BCUT2D eigenvalue weighted by molar-refractivity contribution is 7.97. The average molecular weight is 594 g/mol. The quantitative estimate of drug-likeness (QED) is 0.0985. The Morgan fingerprint density at radius 3 is 2.27 bits per heavy atom. The molecule has 5 nitrogen and oxygen atoms in total. The van der Waals surface area contributed by atoms with Crippen LogP contribution in [0.4, 0.5) is 0 Å². The van der Waals surface area contributed by atoms with E-state index < -0.39 is 0 Å². The lowest BCUT2D eigenvalue weighted by atomic mass is 9.47. The van der Waals surface area contributed by atoms with Crippen LogP contribution < -0.4 is 5.14 Å². The standard InChI is InChI=1S/C35H63NO4S/c1-26(2)7-6-8-27(3)31-11-12-32-30-10-9-28-25-29(13-15-34(28,4)33(30)14-16-35(31,32)5)40-22-21-38-18-17-37-19-20-39-23-24-41-36/h9,26-27,29-33H,6-8,10-25,36H2,1-5H3. The van der Waals surface area contributed by atoms with Gasteiger partial charge in [0.25, 0.3) is 0 Å². The Morgan fingerprint density at radius 1 is 0.854 bits per heavy atom. The zero-order valence-electron chi connectivity index (χ0n) is 27.2. The first-order chi connectivity index (χ1) is 19.8. The maximum Gasteiger partial charge on any atom is 0.0704 e. The molecule has 8 unspecified atom stereocenters. The van der Waals surface area contributed by atoms with E-state index in [1.54, 1.807) is 5.57 Å². The van der Waals surface area contributed by atoms with Crippen LogP contribution in [0.1, 0.15) is 105 Å². The number of nitrogens with two attached hydrogens (primary N) is 1. The molecule has 0 saturated heterocycles. The van der Waals surface area contributed by atoms with Crippen LogP contribution in [0.25, 0.3) is 0 Å². The molecule has 0 bridgehead atoms. The third-order valence-electron chi connectivity index (χ3n) is 11.9. The summed E-state index contributed by atoms with van der Waals surface area (Å²) >= 11 is 1.31. The second-order valence-corrected chi connectivity index (χ2v) is 15.5. The van der Waals surface area contributed by atoms with Gasteiger partial charge in [0.05, 0.1) is 52.4 Å². The first-order valence-electron chi connectivity index (χ1n) is 17.2. The monoisotopic (exact) mass is 593 g/mol. The number of hydrogen-bond acceptors (Lipinski definition) is 6. The maximum absolute atomic E-state index is 6.33. The first kappa shape index (κ1) is 33.8. The first-order valence-corrected chi connectivity index (χ1v) is 18.2. The molecule has 0 aromatic rings. The molecule has 8 atom stereocenters. The Bertz CT molecular complexity index is 807. The van der Waals surface area contributed by atoms with Gasteiger partial charge in [0.1, 0.15) is 0 Å². The smallest absolute Gasteiger partial charge is 0.0704 e. The molecule has 0 heterocycles. The van der Waals surface area contributed by atoms with Gasteiger partial charge in [-0.05, 0) is 97.7 Å². The Morgan fingerprint density at radius 2 is 1.56 bits per heavy atom. The molecule has 3 saturated carbocycles. The molecule has 2 N–H and O–H groups in total. The van der Waals surface area contributed by atoms with Gasteiger partial charge in [-0.15, -0.1) is 0 Å². The van der Waals surface area contributed by atoms with E-state index in [2.05, 4.69) is 40.7 Å². The van der Waals surface area contributed by atoms with Crippen LogP contribution in [-0.2, 0) is 18.9 Å². The van der Waals surface area contributed by atoms with Crippen molar-refractivity contribution in [2.75, 3.05) is 52.0 Å². The number of allylic oxidation sites excluding steroid dienone is 1. The van der Waals surface area contributed by atoms with Crippen molar-refractivity contribution in [3.63, 3.8) is 0 Å². The summed E-state index contributed by atoms with van der Waals surface area (Å²) in [5.41, 5.74) is 2.69. The van der Waals surface area contributed by atoms with Gasteiger partial charge >= 0.3 is 0 Å². The second kappa shape index (κ2) is 16.3. The van der Waals surface area contributed by atoms with Crippen molar-refractivity contribution in [3.8, 4) is 0 Å². The van der Waals surface area contributed by atoms with Crippen molar-refractivity contribution in [1.82, 2.24) is 0 Å². The van der Waals surface area contributed by atoms with Crippen molar-refractivity contribution in [2.24, 2.45) is 51.5 Å². The summed E-state index contributed by atoms with van der Waals surface area (Å²) in [4.78, 5) is 0. The zero-order chi connectivity index (χ0) is 29.3. The van der Waals surface area contributed by atoms with E-state index >= 15 is 0 Å². The molecule has 0 amide bonds. The van der Waals surface area contributed by atoms with Gasteiger partial charge in [-0.25, -0.2) is 0 Å². The van der Waals surface area contributed by atoms with Crippen LogP contribution >= 0.6 is 11.9 Å². The highest BCUT2D eigenvalue weighted by Crippen LogP contribution is 2.67. The second-order valence-electron chi connectivity index (χ2n) is 14.7. The minimum atomic E-state index is 0.353. The average Bonchev–Trinajstić information content (AvgIpc) is 3.30. The van der Waals surface area contributed by atoms with Crippen LogP contribution in [0, 0.1) is 46.3 Å². The normalized spacial score (nSPS) is 35.6. The molecule has 238 valence electrons. The molecule has 0 aromatic carbocycles. The summed E-state index contributed by atoms with van der Waals surface area (Å²) in [6.45, 7) is 17.1. The van der Waals surface area contributed by atoms with E-state index in [0.717, 1.165) is 47.7 Å². The van der Waals surface area contributed by atoms with Gasteiger partial charge in [-0.3, -0.25) is 5.14 Å². The predicted molar refractivity (Wildman–Crippen MR) is 172 cm³/mol. The lowest BCUT2D eigenvalue weighted by Crippen LogP contribution is -2.51. The van der Waals surface area contributed by atoms with Crippen LogP contribution in [0.15, 0.2) is 11.6 Å². The Kier molecular flexibility index (Phi) is 13.4. The van der Waals surface area contributed by atoms with Crippen molar-refractivity contribution >= 4 is 11.9 Å². The molecule has 3 fully saturated rings. The number of rotatable bonds is 18. The molecule has 6 heteroatoms. The van der Waals surface area contributed by atoms with E-state index in [4.69, 9.17) is 24.1 Å². The van der Waals surface area contributed by atoms with Crippen molar-refractivity contribution in [2.45, 2.75) is 111 Å². The van der Waals surface area contributed by atoms with Gasteiger partial charge in [0.2, 0.25) is 0 Å². The summed E-state index contributed by atoms with van der Waals surface area (Å²) in [6, 6.07) is 0. The Hall–Kier alpha value is -0.110. The lowest BCUT2D eigenvalue weighted by molar-refractivity contribution is -0.0691. The maximum atomic E-state index is 6.33. The van der Waals surface area contributed by atoms with Crippen molar-refractivity contribution in [1.29, 1.82) is 0 Å². The third-order valence-corrected chi connectivity index (χ3v) is 12.3. The zero-order valence-corrected chi connectivity index (χ0v) is 28.0. The van der Waals surface area contributed by atoms with Crippen molar-refractivity contribution in [3.05, 3.63) is 11.6 Å². The van der Waals surface area contributed by atoms with E-state index in [1.165, 1.54) is 76.2 Å². The van der Waals surface area contributed by atoms with Crippen LogP contribution in [0.3, 0.4) is 0 Å². The van der Waals surface area contributed by atoms with Gasteiger partial charge < -0.3 is 18.9 Å². The number of ether oxygens (including phenoxy) is 4. The molecule has 41 heavy (non-hydrogen) atoms. The molecular weight excluding hydrogens is 530 g/mol. The van der Waals surface area contributed by atoms with Gasteiger partial charge in [-0.2, -0.15) is 0 Å². The molecule has 0 spiro atoms. The highest BCUT2D eigenvalue weighted by Gasteiger charge is 2.59. The lowest BCUT2D eigenvalue weighted by Gasteiger charge is -2.58. The van der Waals surface area contributed by atoms with Gasteiger partial charge in [0.15, 0.2) is 0 Å². The largest absolute Gasteiger partial charge is 0.378 e. The molecule has 0 aromatic heterocycles. The molecule has 4 aliphatic carbocycles. The van der Waals surface area contributed by atoms with E-state index in [1.807, 2.05) is 0 Å². The molecular formula is C35H63NO4S. The fourth-order valence-corrected chi connectivity index (χ4v) is 9.93. The van der Waals surface area contributed by atoms with E-state index in [0.29, 0.717) is 63.2 Å². The Balaban J connectivity index is 1.18. The SMILES string of the molecule is CC(C)CCCC(C)C1CCC2C3CC=C4CC(OCCOCCOCCOCCSN)CCC4(C)C3CCC12C. The predicted octanol–water partition coefficient (Wildman–Crippen LogP) is 8.07. The summed E-state index contributed by atoms with van der Waals surface area (Å²) in [5, 5.41) is 5.38. The topological polar surface area (TPSA) is 62.9 Å².